The number of nitrogens with zero attached hydrogens (tertiary/aromatic N) is 1. The molecule has 0 aliphatic rings. The van der Waals surface area contributed by atoms with E-state index in [1.807, 2.05) is 35.7 Å². The Balaban J connectivity index is 1.97. The molecule has 0 aliphatic carbocycles. The highest BCUT2D eigenvalue weighted by Crippen LogP contribution is 2.60. The molecule has 0 aliphatic heterocycles. The fourth-order valence-electron chi connectivity index (χ4n) is 2.25. The zero-order chi connectivity index (χ0) is 17.2. The molecule has 3 rings (SSSR count). The summed E-state index contributed by atoms with van der Waals surface area (Å²) in [6.45, 7) is 0. The minimum Gasteiger partial charge on any atom is -0.497 e. The van der Waals surface area contributed by atoms with E-state index in [9.17, 15) is 4.57 Å². The van der Waals surface area contributed by atoms with Gasteiger partial charge in [-0.15, -0.1) is 11.3 Å². The van der Waals surface area contributed by atoms with Gasteiger partial charge in [0.25, 0.3) is 0 Å². The summed E-state index contributed by atoms with van der Waals surface area (Å²) in [6.07, 6.45) is 0. The second-order valence-electron chi connectivity index (χ2n) is 4.82. The number of nitrogens with one attached hydrogen (secondary N) is 1. The van der Waals surface area contributed by atoms with E-state index in [1.165, 1.54) is 36.9 Å². The molecule has 0 fully saturated rings. The number of hydrogen-bond acceptors (Lipinski definition) is 8. The van der Waals surface area contributed by atoms with Crippen LogP contribution in [0.3, 0.4) is 0 Å². The molecule has 6 nitrogen and oxygen atoms in total. The van der Waals surface area contributed by atoms with Crippen molar-refractivity contribution in [1.82, 2.24) is 4.98 Å². The highest BCUT2D eigenvalue weighted by Gasteiger charge is 2.37. The van der Waals surface area contributed by atoms with E-state index in [4.69, 9.17) is 13.8 Å². The third kappa shape index (κ3) is 3.34. The van der Waals surface area contributed by atoms with Crippen molar-refractivity contribution in [3.63, 3.8) is 0 Å². The minimum absolute atomic E-state index is 0.616. The molecule has 0 saturated carbocycles. The SMILES string of the molecule is COc1ccc2nc(NC(c3cccs3)P(=O)(OC)OC)sc2c1. The second-order valence-corrected chi connectivity index (χ2v) is 9.16. The summed E-state index contributed by atoms with van der Waals surface area (Å²) in [6, 6.07) is 9.46. The van der Waals surface area contributed by atoms with Crippen LogP contribution in [-0.4, -0.2) is 26.3 Å². The van der Waals surface area contributed by atoms with Gasteiger partial charge >= 0.3 is 7.60 Å². The molecule has 1 atom stereocenters. The minimum atomic E-state index is -3.36. The molecule has 128 valence electrons. The summed E-state index contributed by atoms with van der Waals surface area (Å²) >= 11 is 2.94. The van der Waals surface area contributed by atoms with Crippen LogP contribution < -0.4 is 10.1 Å². The predicted octanol–water partition coefficient (Wildman–Crippen LogP) is 4.96. The maximum absolute atomic E-state index is 12.9. The van der Waals surface area contributed by atoms with Crippen LogP contribution in [0.5, 0.6) is 5.75 Å². The van der Waals surface area contributed by atoms with Crippen LogP contribution >= 0.6 is 30.3 Å². The number of ether oxygens (including phenoxy) is 1. The number of benzene rings is 1. The molecule has 1 aromatic carbocycles. The Labute approximate surface area is 147 Å². The van der Waals surface area contributed by atoms with Crippen LogP contribution in [0.1, 0.15) is 10.7 Å². The van der Waals surface area contributed by atoms with Gasteiger partial charge in [-0.2, -0.15) is 0 Å². The summed E-state index contributed by atoms with van der Waals surface area (Å²) in [5.74, 6) is 0.155. The molecule has 3 aromatic rings. The first kappa shape index (κ1) is 17.4. The van der Waals surface area contributed by atoms with Gasteiger partial charge < -0.3 is 19.1 Å². The van der Waals surface area contributed by atoms with Gasteiger partial charge in [0.1, 0.15) is 5.75 Å². The van der Waals surface area contributed by atoms with Crippen molar-refractivity contribution in [3.05, 3.63) is 40.6 Å². The third-order valence-electron chi connectivity index (χ3n) is 3.49. The van der Waals surface area contributed by atoms with Crippen molar-refractivity contribution >= 4 is 45.6 Å². The lowest BCUT2D eigenvalue weighted by molar-refractivity contribution is 0.269. The van der Waals surface area contributed by atoms with Crippen LogP contribution in [-0.2, 0) is 13.6 Å². The second kappa shape index (κ2) is 7.21. The first-order valence-corrected chi connectivity index (χ1v) is 10.4. The van der Waals surface area contributed by atoms with Gasteiger partial charge in [-0.3, -0.25) is 4.57 Å². The first-order chi connectivity index (χ1) is 11.6. The predicted molar refractivity (Wildman–Crippen MR) is 98.5 cm³/mol. The molecule has 0 amide bonds. The lowest BCUT2D eigenvalue weighted by Crippen LogP contribution is -2.12. The molecule has 0 bridgehead atoms. The average molecular weight is 384 g/mol. The maximum atomic E-state index is 12.9. The number of thiophene rings is 1. The van der Waals surface area contributed by atoms with Crippen molar-refractivity contribution < 1.29 is 18.3 Å². The zero-order valence-corrected chi connectivity index (χ0v) is 15.9. The Morgan fingerprint density at radius 2 is 2.00 bits per heavy atom. The van der Waals surface area contributed by atoms with Crippen molar-refractivity contribution in [2.45, 2.75) is 5.78 Å². The number of fused-ring (bicyclic) bond motifs is 1. The molecule has 0 spiro atoms. The Morgan fingerprint density at radius 1 is 1.21 bits per heavy atom. The average Bonchev–Trinajstić information content (AvgIpc) is 3.27. The smallest absolute Gasteiger partial charge is 0.357 e. The summed E-state index contributed by atoms with van der Waals surface area (Å²) in [5.41, 5.74) is 0.845. The van der Waals surface area contributed by atoms with Crippen LogP contribution in [0.25, 0.3) is 10.2 Å². The standard InChI is InChI=1S/C15H17N2O4PS2/c1-19-10-6-7-11-13(9-10)24-15(16-11)17-14(12-5-4-8-23-12)22(18,20-2)21-3/h4-9,14H,1-3H3,(H,16,17). The van der Waals surface area contributed by atoms with Crippen LogP contribution in [0.2, 0.25) is 0 Å². The topological polar surface area (TPSA) is 69.7 Å². The Bertz CT molecular complexity index is 858. The van der Waals surface area contributed by atoms with Gasteiger partial charge in [-0.25, -0.2) is 4.98 Å². The molecule has 1 unspecified atom stereocenters. The summed E-state index contributed by atoms with van der Waals surface area (Å²) in [7, 11) is 1.03. The van der Waals surface area contributed by atoms with E-state index < -0.39 is 13.4 Å². The molecule has 0 saturated heterocycles. The number of anilines is 1. The number of hydrogen-bond donors (Lipinski definition) is 1. The van der Waals surface area contributed by atoms with Crippen molar-refractivity contribution in [1.29, 1.82) is 0 Å². The Morgan fingerprint density at radius 3 is 2.62 bits per heavy atom. The van der Waals surface area contributed by atoms with Crippen molar-refractivity contribution in [2.24, 2.45) is 0 Å². The molecule has 2 aromatic heterocycles. The molecule has 9 heteroatoms. The van der Waals surface area contributed by atoms with E-state index in [-0.39, 0.29) is 0 Å². The van der Waals surface area contributed by atoms with Gasteiger partial charge in [-0.1, -0.05) is 17.4 Å². The lowest BCUT2D eigenvalue weighted by Gasteiger charge is -2.24. The number of methoxy groups -OCH3 is 1. The summed E-state index contributed by atoms with van der Waals surface area (Å²) in [4.78, 5) is 5.40. The lowest BCUT2D eigenvalue weighted by atomic mass is 10.3. The molecular formula is C15H17N2O4PS2. The normalized spacial score (nSPS) is 13.1. The maximum Gasteiger partial charge on any atom is 0.357 e. The van der Waals surface area contributed by atoms with Gasteiger partial charge in [0.2, 0.25) is 0 Å². The first-order valence-electron chi connectivity index (χ1n) is 7.05. The number of thiazole rings is 1. The van der Waals surface area contributed by atoms with E-state index in [0.717, 1.165) is 20.8 Å². The number of aromatic nitrogens is 1. The third-order valence-corrected chi connectivity index (χ3v) is 7.61. The van der Waals surface area contributed by atoms with Crippen LogP contribution in [0.4, 0.5) is 5.13 Å². The zero-order valence-electron chi connectivity index (χ0n) is 13.4. The van der Waals surface area contributed by atoms with Gasteiger partial charge in [0.05, 0.1) is 17.3 Å². The van der Waals surface area contributed by atoms with Crippen LogP contribution in [0.15, 0.2) is 35.7 Å². The molecule has 0 radical (unpaired) electrons. The van der Waals surface area contributed by atoms with Gasteiger partial charge in [0.15, 0.2) is 10.9 Å². The quantitative estimate of drug-likeness (QED) is 0.581. The molecule has 2 heterocycles. The fraction of sp³-hybridized carbons (Fsp3) is 0.267. The van der Waals surface area contributed by atoms with E-state index in [0.29, 0.717) is 5.13 Å². The van der Waals surface area contributed by atoms with Crippen molar-refractivity contribution in [3.8, 4) is 5.75 Å². The van der Waals surface area contributed by atoms with Gasteiger partial charge in [-0.05, 0) is 29.6 Å². The molecule has 1 N–H and O–H groups in total. The Kier molecular flexibility index (Phi) is 5.22. The van der Waals surface area contributed by atoms with E-state index in [2.05, 4.69) is 10.3 Å². The largest absolute Gasteiger partial charge is 0.497 e. The molecular weight excluding hydrogens is 367 g/mol. The highest BCUT2D eigenvalue weighted by molar-refractivity contribution is 7.54. The highest BCUT2D eigenvalue weighted by atomic mass is 32.1. The van der Waals surface area contributed by atoms with Crippen molar-refractivity contribution in [2.75, 3.05) is 26.6 Å². The van der Waals surface area contributed by atoms with E-state index >= 15 is 0 Å². The van der Waals surface area contributed by atoms with Crippen LogP contribution in [0, 0.1) is 0 Å². The van der Waals surface area contributed by atoms with Gasteiger partial charge in [0, 0.05) is 19.1 Å². The Hall–Kier alpha value is -1.44. The summed E-state index contributed by atoms with van der Waals surface area (Å²) < 4.78 is 29.5. The summed E-state index contributed by atoms with van der Waals surface area (Å²) in [5, 5.41) is 5.78. The number of rotatable bonds is 7. The monoisotopic (exact) mass is 384 g/mol. The molecule has 24 heavy (non-hydrogen) atoms. The fourth-order valence-corrected chi connectivity index (χ4v) is 5.74. The van der Waals surface area contributed by atoms with E-state index in [1.54, 1.807) is 7.11 Å².